The molecule has 4 rings (SSSR count). The van der Waals surface area contributed by atoms with E-state index < -0.39 is 29.3 Å². The van der Waals surface area contributed by atoms with Gasteiger partial charge < -0.3 is 19.9 Å². The van der Waals surface area contributed by atoms with Gasteiger partial charge in [0.15, 0.2) is 0 Å². The Morgan fingerprint density at radius 3 is 1.96 bits per heavy atom. The van der Waals surface area contributed by atoms with Crippen LogP contribution in [0.1, 0.15) is 69.6 Å². The number of halogens is 3. The number of amides is 3. The predicted molar refractivity (Wildman–Crippen MR) is 169 cm³/mol. The number of nitrogens with zero attached hydrogens (tertiary/aromatic N) is 1. The second kappa shape index (κ2) is 12.7. The first-order valence-electron chi connectivity index (χ1n) is 14.4. The van der Waals surface area contributed by atoms with E-state index in [-0.39, 0.29) is 29.1 Å². The number of rotatable bonds is 7. The van der Waals surface area contributed by atoms with Crippen LogP contribution in [0.4, 0.5) is 35.0 Å². The predicted octanol–water partition coefficient (Wildman–Crippen LogP) is 8.68. The van der Waals surface area contributed by atoms with Gasteiger partial charge in [-0.1, -0.05) is 39.0 Å². The first-order chi connectivity index (χ1) is 20.9. The normalized spacial score (nSPS) is 12.1. The summed E-state index contributed by atoms with van der Waals surface area (Å²) in [5, 5.41) is 8.83. The SMILES string of the molecule is CC(C)(C)CC(=O)Nc1ccc2c(c1)cc(C(=O)Nc1ccc(NC(=O)OC(C)(C)C)cc1)n2Cc1ccccc1C(F)(F)F. The maximum atomic E-state index is 13.9. The van der Waals surface area contributed by atoms with Crippen LogP contribution in [0.15, 0.2) is 72.8 Å². The monoisotopic (exact) mass is 622 g/mol. The Hall–Kier alpha value is -4.80. The molecule has 0 fully saturated rings. The molecule has 0 aliphatic heterocycles. The van der Waals surface area contributed by atoms with Crippen LogP contribution in [0.5, 0.6) is 0 Å². The minimum atomic E-state index is -4.58. The van der Waals surface area contributed by atoms with E-state index in [1.807, 2.05) is 20.8 Å². The lowest BCUT2D eigenvalue weighted by molar-refractivity contribution is -0.138. The molecular weight excluding hydrogens is 585 g/mol. The van der Waals surface area contributed by atoms with Gasteiger partial charge in [0.1, 0.15) is 11.3 Å². The molecule has 3 N–H and O–H groups in total. The molecule has 3 amide bonds. The van der Waals surface area contributed by atoms with E-state index in [2.05, 4.69) is 16.0 Å². The first-order valence-corrected chi connectivity index (χ1v) is 14.4. The molecule has 0 bridgehead atoms. The molecule has 0 saturated heterocycles. The molecule has 0 atom stereocenters. The Morgan fingerprint density at radius 2 is 1.36 bits per heavy atom. The van der Waals surface area contributed by atoms with Crippen molar-refractivity contribution in [1.82, 2.24) is 4.57 Å². The fraction of sp³-hybridized carbons (Fsp3) is 0.324. The summed E-state index contributed by atoms with van der Waals surface area (Å²) >= 11 is 0. The largest absolute Gasteiger partial charge is 0.444 e. The number of hydrogen-bond acceptors (Lipinski definition) is 4. The summed E-state index contributed by atoms with van der Waals surface area (Å²) in [4.78, 5) is 38.2. The molecule has 0 spiro atoms. The Kier molecular flexibility index (Phi) is 9.32. The van der Waals surface area contributed by atoms with Crippen molar-refractivity contribution in [2.75, 3.05) is 16.0 Å². The topological polar surface area (TPSA) is 101 Å². The van der Waals surface area contributed by atoms with Gasteiger partial charge in [0.25, 0.3) is 5.91 Å². The minimum absolute atomic E-state index is 0.00308. The molecule has 45 heavy (non-hydrogen) atoms. The van der Waals surface area contributed by atoms with Crippen LogP contribution >= 0.6 is 0 Å². The molecule has 1 heterocycles. The number of anilines is 3. The lowest BCUT2D eigenvalue weighted by Crippen LogP contribution is -2.27. The van der Waals surface area contributed by atoms with Gasteiger partial charge in [-0.2, -0.15) is 13.2 Å². The van der Waals surface area contributed by atoms with Crippen LogP contribution in [0.25, 0.3) is 10.9 Å². The van der Waals surface area contributed by atoms with Crippen molar-refractivity contribution in [3.05, 3.63) is 89.6 Å². The number of aromatic nitrogens is 1. The molecular formula is C34H37F3N4O4. The van der Waals surface area contributed by atoms with Crippen molar-refractivity contribution in [1.29, 1.82) is 0 Å². The Balaban J connectivity index is 1.65. The van der Waals surface area contributed by atoms with E-state index in [0.717, 1.165) is 6.07 Å². The van der Waals surface area contributed by atoms with E-state index in [1.54, 1.807) is 69.3 Å². The summed E-state index contributed by atoms with van der Waals surface area (Å²) in [5.74, 6) is -0.732. The first kappa shape index (κ1) is 33.1. The van der Waals surface area contributed by atoms with Gasteiger partial charge in [0.2, 0.25) is 5.91 Å². The number of benzene rings is 3. The zero-order chi connectivity index (χ0) is 33.2. The highest BCUT2D eigenvalue weighted by atomic mass is 19.4. The Bertz CT molecular complexity index is 1710. The third-order valence-corrected chi connectivity index (χ3v) is 6.55. The van der Waals surface area contributed by atoms with Gasteiger partial charge in [-0.25, -0.2) is 4.79 Å². The summed E-state index contributed by atoms with van der Waals surface area (Å²) in [7, 11) is 0. The van der Waals surface area contributed by atoms with Gasteiger partial charge in [-0.3, -0.25) is 14.9 Å². The molecule has 4 aromatic rings. The van der Waals surface area contributed by atoms with E-state index in [0.29, 0.717) is 34.4 Å². The molecule has 1 aromatic heterocycles. The molecule has 0 aliphatic rings. The minimum Gasteiger partial charge on any atom is -0.444 e. The summed E-state index contributed by atoms with van der Waals surface area (Å²) in [6.45, 7) is 10.9. The second-order valence-electron chi connectivity index (χ2n) is 13.0. The zero-order valence-corrected chi connectivity index (χ0v) is 26.1. The lowest BCUT2D eigenvalue weighted by Gasteiger charge is -2.19. The van der Waals surface area contributed by atoms with Gasteiger partial charge in [0, 0.05) is 40.9 Å². The molecule has 11 heteroatoms. The fourth-order valence-electron chi connectivity index (χ4n) is 4.75. The standard InChI is InChI=1S/C34H37F3N4O4/c1-32(2,3)19-29(42)38-25-15-16-27-22(17-25)18-28(41(27)20-21-9-7-8-10-26(21)34(35,36)37)30(43)39-23-11-13-24(14-12-23)40-31(44)45-33(4,5)6/h7-18H,19-20H2,1-6H3,(H,38,42)(H,39,43)(H,40,44). The number of ether oxygens (including phenoxy) is 1. The highest BCUT2D eigenvalue weighted by molar-refractivity contribution is 6.07. The molecule has 0 radical (unpaired) electrons. The third kappa shape index (κ3) is 9.10. The lowest BCUT2D eigenvalue weighted by atomic mass is 9.92. The molecule has 8 nitrogen and oxygen atoms in total. The summed E-state index contributed by atoms with van der Waals surface area (Å²) in [6, 6.07) is 18.2. The highest BCUT2D eigenvalue weighted by Crippen LogP contribution is 2.34. The summed E-state index contributed by atoms with van der Waals surface area (Å²) in [6.07, 6.45) is -4.92. The molecule has 3 aromatic carbocycles. The van der Waals surface area contributed by atoms with E-state index in [9.17, 15) is 27.6 Å². The maximum Gasteiger partial charge on any atom is 0.416 e. The van der Waals surface area contributed by atoms with Crippen molar-refractivity contribution in [2.24, 2.45) is 5.41 Å². The molecule has 0 unspecified atom stereocenters. The van der Waals surface area contributed by atoms with Crippen LogP contribution in [0, 0.1) is 5.41 Å². The van der Waals surface area contributed by atoms with Crippen molar-refractivity contribution >= 4 is 45.9 Å². The Morgan fingerprint density at radius 1 is 0.756 bits per heavy atom. The number of alkyl halides is 3. The van der Waals surface area contributed by atoms with Crippen molar-refractivity contribution in [2.45, 2.75) is 66.3 Å². The van der Waals surface area contributed by atoms with Crippen molar-refractivity contribution in [3.63, 3.8) is 0 Å². The van der Waals surface area contributed by atoms with Gasteiger partial charge in [-0.15, -0.1) is 0 Å². The number of fused-ring (bicyclic) bond motifs is 1. The summed E-state index contributed by atoms with van der Waals surface area (Å²) < 4.78 is 48.3. The fourth-order valence-corrected chi connectivity index (χ4v) is 4.75. The molecule has 238 valence electrons. The van der Waals surface area contributed by atoms with Gasteiger partial charge in [-0.05, 0) is 86.3 Å². The van der Waals surface area contributed by atoms with Crippen LogP contribution < -0.4 is 16.0 Å². The van der Waals surface area contributed by atoms with Crippen LogP contribution in [0.3, 0.4) is 0 Å². The number of nitrogens with one attached hydrogen (secondary N) is 3. The Labute approximate surface area is 259 Å². The zero-order valence-electron chi connectivity index (χ0n) is 26.1. The molecule has 0 aliphatic carbocycles. The maximum absolute atomic E-state index is 13.9. The van der Waals surface area contributed by atoms with E-state index in [1.165, 1.54) is 22.8 Å². The second-order valence-corrected chi connectivity index (χ2v) is 13.0. The van der Waals surface area contributed by atoms with Crippen LogP contribution in [-0.4, -0.2) is 28.1 Å². The average molecular weight is 623 g/mol. The average Bonchev–Trinajstić information content (AvgIpc) is 3.25. The molecule has 0 saturated carbocycles. The quantitative estimate of drug-likeness (QED) is 0.192. The number of hydrogen-bond donors (Lipinski definition) is 3. The van der Waals surface area contributed by atoms with Crippen molar-refractivity contribution < 1.29 is 32.3 Å². The van der Waals surface area contributed by atoms with Crippen LogP contribution in [0.2, 0.25) is 0 Å². The third-order valence-electron chi connectivity index (χ3n) is 6.55. The van der Waals surface area contributed by atoms with E-state index in [4.69, 9.17) is 4.74 Å². The summed E-state index contributed by atoms with van der Waals surface area (Å²) in [5.41, 5.74) is 0.297. The van der Waals surface area contributed by atoms with Gasteiger partial charge >= 0.3 is 12.3 Å². The number of carbonyl (C=O) groups excluding carboxylic acids is 3. The highest BCUT2D eigenvalue weighted by Gasteiger charge is 2.33. The van der Waals surface area contributed by atoms with Gasteiger partial charge in [0.05, 0.1) is 5.56 Å². The van der Waals surface area contributed by atoms with E-state index >= 15 is 0 Å². The van der Waals surface area contributed by atoms with Crippen molar-refractivity contribution in [3.8, 4) is 0 Å². The smallest absolute Gasteiger partial charge is 0.416 e. The van der Waals surface area contributed by atoms with Crippen LogP contribution in [-0.2, 0) is 22.3 Å². The number of carbonyl (C=O) groups is 3.